The van der Waals surface area contributed by atoms with Gasteiger partial charge in [0.2, 0.25) is 0 Å². The molecule has 2 aromatic rings. The molecule has 0 saturated heterocycles. The number of carbonyl (C=O) groups is 1. The van der Waals surface area contributed by atoms with E-state index in [-0.39, 0.29) is 33.3 Å². The standard InChI is InChI=1S/C13H10O2.Ti/c14-12-9-5-4-8-11(12)13(15)10-6-2-1-3-7-10;/h1-9,14H;. The van der Waals surface area contributed by atoms with Gasteiger partial charge in [0.1, 0.15) is 5.75 Å². The Balaban J connectivity index is 0.00000128. The number of carbonyl (C=O) groups excluding carboxylic acids is 1. The van der Waals surface area contributed by atoms with E-state index in [0.717, 1.165) is 0 Å². The zero-order valence-electron chi connectivity index (χ0n) is 8.55. The molecule has 0 aromatic heterocycles. The molecular formula is C13H10O2Ti. The van der Waals surface area contributed by atoms with Crippen LogP contribution in [0.2, 0.25) is 0 Å². The summed E-state index contributed by atoms with van der Waals surface area (Å²) in [5.41, 5.74) is 0.919. The Bertz CT molecular complexity index is 480. The second-order valence-corrected chi connectivity index (χ2v) is 3.21. The van der Waals surface area contributed by atoms with Gasteiger partial charge < -0.3 is 5.11 Å². The van der Waals surface area contributed by atoms with Crippen molar-refractivity contribution in [3.8, 4) is 5.75 Å². The fourth-order valence-electron chi connectivity index (χ4n) is 1.41. The average Bonchev–Trinajstić information content (AvgIpc) is 2.30. The number of benzene rings is 2. The maximum Gasteiger partial charge on any atom is 0.196 e. The van der Waals surface area contributed by atoms with Crippen LogP contribution in [0.4, 0.5) is 0 Å². The van der Waals surface area contributed by atoms with Crippen LogP contribution in [0, 0.1) is 0 Å². The van der Waals surface area contributed by atoms with E-state index in [4.69, 9.17) is 0 Å². The summed E-state index contributed by atoms with van der Waals surface area (Å²) in [7, 11) is 0. The van der Waals surface area contributed by atoms with Crippen molar-refractivity contribution in [1.29, 1.82) is 0 Å². The summed E-state index contributed by atoms with van der Waals surface area (Å²) in [6.45, 7) is 0. The molecule has 2 aromatic carbocycles. The first kappa shape index (κ1) is 12.7. The van der Waals surface area contributed by atoms with Gasteiger partial charge in [-0.3, -0.25) is 4.79 Å². The molecule has 0 aliphatic rings. The van der Waals surface area contributed by atoms with Gasteiger partial charge in [0.25, 0.3) is 0 Å². The summed E-state index contributed by atoms with van der Waals surface area (Å²) in [6.07, 6.45) is 0. The minimum Gasteiger partial charge on any atom is -0.507 e. The molecule has 16 heavy (non-hydrogen) atoms. The molecule has 0 aliphatic heterocycles. The van der Waals surface area contributed by atoms with Crippen LogP contribution in [0.3, 0.4) is 0 Å². The van der Waals surface area contributed by atoms with E-state index in [1.54, 1.807) is 42.5 Å². The summed E-state index contributed by atoms with van der Waals surface area (Å²) in [4.78, 5) is 11.9. The zero-order valence-corrected chi connectivity index (χ0v) is 10.1. The number of para-hydroxylation sites is 1. The van der Waals surface area contributed by atoms with Crippen LogP contribution < -0.4 is 0 Å². The quantitative estimate of drug-likeness (QED) is 0.653. The third kappa shape index (κ3) is 2.60. The van der Waals surface area contributed by atoms with E-state index in [0.29, 0.717) is 11.1 Å². The number of rotatable bonds is 2. The van der Waals surface area contributed by atoms with Crippen LogP contribution in [-0.2, 0) is 21.7 Å². The van der Waals surface area contributed by atoms with Crippen molar-refractivity contribution in [1.82, 2.24) is 0 Å². The molecule has 0 bridgehead atoms. The predicted molar refractivity (Wildman–Crippen MR) is 58.0 cm³/mol. The Kier molecular flexibility index (Phi) is 4.47. The van der Waals surface area contributed by atoms with Crippen molar-refractivity contribution in [3.63, 3.8) is 0 Å². The fraction of sp³-hybridized carbons (Fsp3) is 0. The molecule has 0 unspecified atom stereocenters. The van der Waals surface area contributed by atoms with Crippen molar-refractivity contribution in [2.24, 2.45) is 0 Å². The maximum atomic E-state index is 11.9. The first-order chi connectivity index (χ1) is 7.29. The van der Waals surface area contributed by atoms with Crippen molar-refractivity contribution in [2.75, 3.05) is 0 Å². The largest absolute Gasteiger partial charge is 0.507 e. The van der Waals surface area contributed by atoms with Gasteiger partial charge in [-0.15, -0.1) is 0 Å². The van der Waals surface area contributed by atoms with Crippen LogP contribution in [0.1, 0.15) is 15.9 Å². The predicted octanol–water partition coefficient (Wildman–Crippen LogP) is 2.62. The normalized spacial score (nSPS) is 9.25. The van der Waals surface area contributed by atoms with Gasteiger partial charge in [0.05, 0.1) is 5.56 Å². The number of hydrogen-bond donors (Lipinski definition) is 1. The SMILES string of the molecule is O=C(c1ccccc1)c1ccccc1O.[Ti]. The molecule has 0 radical (unpaired) electrons. The molecule has 1 N–H and O–H groups in total. The second kappa shape index (κ2) is 5.64. The molecule has 2 nitrogen and oxygen atoms in total. The maximum absolute atomic E-state index is 11.9. The van der Waals surface area contributed by atoms with E-state index in [9.17, 15) is 9.90 Å². The van der Waals surface area contributed by atoms with Gasteiger partial charge in [-0.2, -0.15) is 0 Å². The Morgan fingerprint density at radius 3 is 2.06 bits per heavy atom. The molecule has 0 amide bonds. The number of phenols is 1. The van der Waals surface area contributed by atoms with Crippen LogP contribution in [0.5, 0.6) is 5.75 Å². The summed E-state index contributed by atoms with van der Waals surface area (Å²) in [5.74, 6) is -0.139. The molecule has 0 saturated carbocycles. The monoisotopic (exact) mass is 246 g/mol. The van der Waals surface area contributed by atoms with Gasteiger partial charge in [-0.05, 0) is 12.1 Å². The smallest absolute Gasteiger partial charge is 0.196 e. The van der Waals surface area contributed by atoms with E-state index in [2.05, 4.69) is 0 Å². The van der Waals surface area contributed by atoms with Crippen molar-refractivity contribution >= 4 is 5.78 Å². The van der Waals surface area contributed by atoms with Crippen LogP contribution in [-0.4, -0.2) is 10.9 Å². The minimum atomic E-state index is -0.159. The molecule has 0 fully saturated rings. The molecule has 3 heteroatoms. The van der Waals surface area contributed by atoms with Gasteiger partial charge in [0.15, 0.2) is 5.78 Å². The van der Waals surface area contributed by atoms with E-state index < -0.39 is 0 Å². The Morgan fingerprint density at radius 2 is 1.44 bits per heavy atom. The topological polar surface area (TPSA) is 37.3 Å². The fourth-order valence-corrected chi connectivity index (χ4v) is 1.41. The summed E-state index contributed by atoms with van der Waals surface area (Å²) in [5, 5.41) is 9.52. The minimum absolute atomic E-state index is 0. The number of phenolic OH excluding ortho intramolecular Hbond substituents is 1. The van der Waals surface area contributed by atoms with Gasteiger partial charge in [0, 0.05) is 27.3 Å². The first-order valence-corrected chi connectivity index (χ1v) is 4.67. The van der Waals surface area contributed by atoms with Crippen molar-refractivity contribution in [3.05, 3.63) is 65.7 Å². The Morgan fingerprint density at radius 1 is 0.875 bits per heavy atom. The number of hydrogen-bond acceptors (Lipinski definition) is 2. The molecule has 0 aliphatic carbocycles. The van der Waals surface area contributed by atoms with E-state index in [1.807, 2.05) is 6.07 Å². The first-order valence-electron chi connectivity index (χ1n) is 4.67. The third-order valence-corrected chi connectivity index (χ3v) is 2.18. The average molecular weight is 246 g/mol. The van der Waals surface area contributed by atoms with Crippen molar-refractivity contribution in [2.45, 2.75) is 0 Å². The zero-order chi connectivity index (χ0) is 10.7. The summed E-state index contributed by atoms with van der Waals surface area (Å²) < 4.78 is 0. The Labute approximate surface area is 109 Å². The number of ketones is 1. The van der Waals surface area contributed by atoms with Crippen molar-refractivity contribution < 1.29 is 31.6 Å². The molecule has 0 heterocycles. The van der Waals surface area contributed by atoms with E-state index in [1.165, 1.54) is 6.07 Å². The molecule has 0 spiro atoms. The Hall–Kier alpha value is -1.38. The van der Waals surface area contributed by atoms with Gasteiger partial charge >= 0.3 is 0 Å². The molecule has 0 atom stereocenters. The second-order valence-electron chi connectivity index (χ2n) is 3.21. The third-order valence-electron chi connectivity index (χ3n) is 2.18. The molecule has 2 rings (SSSR count). The van der Waals surface area contributed by atoms with E-state index >= 15 is 0 Å². The summed E-state index contributed by atoms with van der Waals surface area (Å²) in [6, 6.07) is 15.5. The number of aromatic hydroxyl groups is 1. The van der Waals surface area contributed by atoms with Gasteiger partial charge in [-0.25, -0.2) is 0 Å². The summed E-state index contributed by atoms with van der Waals surface area (Å²) >= 11 is 0. The van der Waals surface area contributed by atoms with Crippen LogP contribution in [0.25, 0.3) is 0 Å². The van der Waals surface area contributed by atoms with Crippen LogP contribution >= 0.6 is 0 Å². The van der Waals surface area contributed by atoms with Gasteiger partial charge in [-0.1, -0.05) is 42.5 Å². The van der Waals surface area contributed by atoms with Crippen LogP contribution in [0.15, 0.2) is 54.6 Å². The molecular weight excluding hydrogens is 236 g/mol. The molecule has 78 valence electrons.